The van der Waals surface area contributed by atoms with Crippen LogP contribution in [0.3, 0.4) is 0 Å². The molecule has 1 fully saturated rings. The highest BCUT2D eigenvalue weighted by Crippen LogP contribution is 2.42. The number of carbonyl (C=O) groups excluding carboxylic acids is 4. The fourth-order valence-electron chi connectivity index (χ4n) is 4.76. The van der Waals surface area contributed by atoms with E-state index in [9.17, 15) is 24.3 Å². The molecule has 0 atom stereocenters. The van der Waals surface area contributed by atoms with Crippen LogP contribution < -0.4 is 19.9 Å². The Morgan fingerprint density at radius 2 is 1.68 bits per heavy atom. The highest BCUT2D eigenvalue weighted by Gasteiger charge is 2.33. The average Bonchev–Trinajstić information content (AvgIpc) is 3.23. The van der Waals surface area contributed by atoms with Crippen molar-refractivity contribution in [2.75, 3.05) is 33.1 Å². The molecule has 5 rings (SSSR count). The lowest BCUT2D eigenvalue weighted by Gasteiger charge is -2.20. The minimum absolute atomic E-state index is 0.0208. The molecular weight excluding hydrogens is 514 g/mol. The van der Waals surface area contributed by atoms with E-state index in [2.05, 4.69) is 0 Å². The third-order valence-electron chi connectivity index (χ3n) is 6.84. The van der Waals surface area contributed by atoms with Gasteiger partial charge >= 0.3 is 5.97 Å². The lowest BCUT2D eigenvalue weighted by molar-refractivity contribution is -0.255. The normalized spacial score (nSPS) is 13.2. The van der Waals surface area contributed by atoms with Crippen molar-refractivity contribution >= 4 is 40.4 Å². The van der Waals surface area contributed by atoms with Crippen LogP contribution in [0.5, 0.6) is 0 Å². The predicted octanol–water partition coefficient (Wildman–Crippen LogP) is 1.82. The van der Waals surface area contributed by atoms with Crippen LogP contribution in [0.15, 0.2) is 59.0 Å². The monoisotopic (exact) mass is 541 g/mol. The number of hydrogen-bond donors (Lipinski definition) is 0. The lowest BCUT2D eigenvalue weighted by Crippen LogP contribution is -2.32. The van der Waals surface area contributed by atoms with Crippen molar-refractivity contribution in [2.45, 2.75) is 19.3 Å². The number of hydroxylamine groups is 2. The van der Waals surface area contributed by atoms with Crippen molar-refractivity contribution in [1.82, 2.24) is 9.64 Å². The summed E-state index contributed by atoms with van der Waals surface area (Å²) in [6.45, 7) is 0. The van der Waals surface area contributed by atoms with Gasteiger partial charge in [-0.05, 0) is 35.4 Å². The number of carboxylic acid groups (broad SMARTS) is 1. The molecular formula is C30H27N3O7. The van der Waals surface area contributed by atoms with Crippen LogP contribution in [0.1, 0.15) is 28.8 Å². The maximum Gasteiger partial charge on any atom is 0.337 e. The molecule has 0 spiro atoms. The third-order valence-corrected chi connectivity index (χ3v) is 6.84. The largest absolute Gasteiger partial charge is 0.545 e. The molecule has 1 aliphatic carbocycles. The second-order valence-corrected chi connectivity index (χ2v) is 10.0. The van der Waals surface area contributed by atoms with Gasteiger partial charge in [0.1, 0.15) is 25.4 Å². The lowest BCUT2D eigenvalue weighted by atomic mass is 9.89. The summed E-state index contributed by atoms with van der Waals surface area (Å²) >= 11 is 0. The van der Waals surface area contributed by atoms with Crippen LogP contribution in [-0.2, 0) is 25.6 Å². The van der Waals surface area contributed by atoms with E-state index >= 15 is 0 Å². The molecule has 2 aliphatic heterocycles. The molecule has 0 radical (unpaired) electrons. The Bertz CT molecular complexity index is 1730. The molecule has 2 amide bonds. The summed E-state index contributed by atoms with van der Waals surface area (Å²) in [5, 5.41) is 14.5. The summed E-state index contributed by atoms with van der Waals surface area (Å²) in [7, 11) is 7.67. The van der Waals surface area contributed by atoms with Crippen molar-refractivity contribution in [1.29, 1.82) is 0 Å². The van der Waals surface area contributed by atoms with Crippen LogP contribution >= 0.6 is 0 Å². The smallest absolute Gasteiger partial charge is 0.337 e. The average molecular weight is 542 g/mol. The van der Waals surface area contributed by atoms with Gasteiger partial charge in [-0.3, -0.25) is 9.59 Å². The van der Waals surface area contributed by atoms with E-state index in [-0.39, 0.29) is 24.8 Å². The van der Waals surface area contributed by atoms with Gasteiger partial charge in [0.2, 0.25) is 5.36 Å². The Morgan fingerprint density at radius 3 is 2.33 bits per heavy atom. The molecule has 10 heteroatoms. The van der Waals surface area contributed by atoms with E-state index in [0.29, 0.717) is 44.0 Å². The summed E-state index contributed by atoms with van der Waals surface area (Å²) in [4.78, 5) is 55.3. The fraction of sp³-hybridized carbons (Fsp3) is 0.233. The van der Waals surface area contributed by atoms with Crippen LogP contribution in [0.25, 0.3) is 33.4 Å². The second-order valence-electron chi connectivity index (χ2n) is 10.0. The van der Waals surface area contributed by atoms with Gasteiger partial charge in [-0.15, -0.1) is 5.06 Å². The number of nitrogens with zero attached hydrogens (tertiary/aromatic N) is 3. The molecule has 0 unspecified atom stereocenters. The van der Waals surface area contributed by atoms with E-state index in [1.165, 1.54) is 6.07 Å². The van der Waals surface area contributed by atoms with Crippen LogP contribution in [0.2, 0.25) is 0 Å². The van der Waals surface area contributed by atoms with Gasteiger partial charge in [-0.2, -0.15) is 0 Å². The zero-order valence-electron chi connectivity index (χ0n) is 22.5. The Kier molecular flexibility index (Phi) is 6.85. The van der Waals surface area contributed by atoms with Crippen LogP contribution in [0.4, 0.5) is 5.69 Å². The number of hydrogen-bond acceptors (Lipinski definition) is 8. The Balaban J connectivity index is 1.64. The minimum Gasteiger partial charge on any atom is -0.545 e. The van der Waals surface area contributed by atoms with E-state index in [1.807, 2.05) is 74.1 Å². The van der Waals surface area contributed by atoms with Crippen molar-refractivity contribution in [3.05, 3.63) is 71.1 Å². The molecule has 0 N–H and O–H groups in total. The Hall–Kier alpha value is -4.99. The second kappa shape index (κ2) is 10.3. The number of aromatic carboxylic acids is 1. The molecule has 2 aromatic rings. The first-order valence-electron chi connectivity index (χ1n) is 12.6. The molecule has 0 aromatic heterocycles. The topological polar surface area (TPSA) is 123 Å². The van der Waals surface area contributed by atoms with E-state index in [4.69, 9.17) is 9.25 Å². The van der Waals surface area contributed by atoms with Gasteiger partial charge in [0.05, 0.1) is 18.5 Å². The first kappa shape index (κ1) is 26.6. The minimum atomic E-state index is -1.42. The zero-order chi connectivity index (χ0) is 28.7. The quantitative estimate of drug-likeness (QED) is 0.206. The maximum atomic E-state index is 12.5. The summed E-state index contributed by atoms with van der Waals surface area (Å²) in [6.07, 6.45) is -0.387. The van der Waals surface area contributed by atoms with Gasteiger partial charge in [-0.25, -0.2) is 9.37 Å². The molecule has 0 saturated carbocycles. The SMILES string of the molecule is CN(C)c1ccc2c(-c3ccc(CC(=O)ON4C(=O)CCC4=O)cc3C(=O)[O-])c3ccc(=[N+](C)C)cc-3oc2c1. The molecule has 2 heterocycles. The van der Waals surface area contributed by atoms with Gasteiger partial charge in [0.15, 0.2) is 0 Å². The number of rotatable bonds is 6. The standard InChI is InChI=1S/C30H27N3O7/c1-31(2)18-6-9-21-24(15-18)39-25-16-19(32(3)4)7-10-22(25)29(21)20-8-5-17(13-23(20)30(37)38)14-28(36)40-33-26(34)11-12-27(33)35/h5-10,13,15-16H,11-12,14H2,1-4H3. The number of anilines is 1. The Labute approximate surface area is 229 Å². The van der Waals surface area contributed by atoms with Crippen LogP contribution in [-0.4, -0.2) is 57.0 Å². The number of carboxylic acids is 1. The summed E-state index contributed by atoms with van der Waals surface area (Å²) in [5.74, 6) is -2.89. The van der Waals surface area contributed by atoms with Crippen molar-refractivity contribution < 1.29 is 33.5 Å². The Morgan fingerprint density at radius 1 is 0.975 bits per heavy atom. The predicted molar refractivity (Wildman–Crippen MR) is 145 cm³/mol. The van der Waals surface area contributed by atoms with E-state index < -0.39 is 23.8 Å². The van der Waals surface area contributed by atoms with Crippen molar-refractivity contribution in [3.8, 4) is 22.5 Å². The van der Waals surface area contributed by atoms with Gasteiger partial charge in [0, 0.05) is 66.8 Å². The molecule has 40 heavy (non-hydrogen) atoms. The van der Waals surface area contributed by atoms with Gasteiger partial charge in [-0.1, -0.05) is 12.1 Å². The van der Waals surface area contributed by atoms with Crippen LogP contribution in [0, 0.1) is 0 Å². The van der Waals surface area contributed by atoms with Crippen molar-refractivity contribution in [3.63, 3.8) is 0 Å². The van der Waals surface area contributed by atoms with E-state index in [1.54, 1.807) is 12.1 Å². The summed E-state index contributed by atoms with van der Waals surface area (Å²) in [6, 6.07) is 16.0. The number of imide groups is 1. The van der Waals surface area contributed by atoms with Gasteiger partial charge < -0.3 is 24.1 Å². The van der Waals surface area contributed by atoms with E-state index in [0.717, 1.165) is 11.0 Å². The number of benzene rings is 3. The number of amides is 2. The molecule has 1 saturated heterocycles. The molecule has 204 valence electrons. The van der Waals surface area contributed by atoms with Crippen molar-refractivity contribution in [2.24, 2.45) is 0 Å². The molecule has 10 nitrogen and oxygen atoms in total. The van der Waals surface area contributed by atoms with Gasteiger partial charge in [0.25, 0.3) is 11.8 Å². The highest BCUT2D eigenvalue weighted by atomic mass is 16.7. The highest BCUT2D eigenvalue weighted by molar-refractivity contribution is 6.07. The number of fused-ring (bicyclic) bond motifs is 2. The maximum absolute atomic E-state index is 12.5. The first-order chi connectivity index (χ1) is 19.0. The first-order valence-corrected chi connectivity index (χ1v) is 12.6. The summed E-state index contributed by atoms with van der Waals surface area (Å²) < 4.78 is 8.25. The molecule has 2 aromatic carbocycles. The third kappa shape index (κ3) is 4.91. The zero-order valence-corrected chi connectivity index (χ0v) is 22.5. The summed E-state index contributed by atoms with van der Waals surface area (Å²) in [5.41, 5.74) is 3.43. The number of carbonyl (C=O) groups is 4. The molecule has 3 aliphatic rings. The fourth-order valence-corrected chi connectivity index (χ4v) is 4.76. The molecule has 0 bridgehead atoms.